The third-order valence-corrected chi connectivity index (χ3v) is 10.4. The lowest BCUT2D eigenvalue weighted by Gasteiger charge is -2.31. The zero-order valence-corrected chi connectivity index (χ0v) is 24.3. The second-order valence-corrected chi connectivity index (χ2v) is 13.0. The number of hydrogen-bond acceptors (Lipinski definition) is 6. The highest BCUT2D eigenvalue weighted by Crippen LogP contribution is 2.44. The molecule has 5 atom stereocenters. The van der Waals surface area contributed by atoms with Crippen molar-refractivity contribution in [1.82, 2.24) is 20.2 Å². The number of hydrogen-bond donors (Lipinski definition) is 2. The van der Waals surface area contributed by atoms with Crippen molar-refractivity contribution in [3.8, 4) is 35.2 Å². The smallest absolute Gasteiger partial charge is 0.317 e. The molecule has 2 N–H and O–H groups in total. The number of phenols is 1. The van der Waals surface area contributed by atoms with Crippen LogP contribution in [0, 0.1) is 24.0 Å². The molecule has 5 heterocycles. The van der Waals surface area contributed by atoms with Gasteiger partial charge in [-0.05, 0) is 74.2 Å². The molecule has 8 rings (SSSR count). The Balaban J connectivity index is 1.28. The van der Waals surface area contributed by atoms with Crippen molar-refractivity contribution in [2.45, 2.75) is 74.7 Å². The van der Waals surface area contributed by atoms with Crippen LogP contribution in [0.4, 0.5) is 13.2 Å². The van der Waals surface area contributed by atoms with Crippen LogP contribution in [-0.2, 0) is 0 Å². The summed E-state index contributed by atoms with van der Waals surface area (Å²) in [4.78, 5) is 11.7. The number of nitrogens with zero attached hydrogens (tertiary/aromatic N) is 3. The predicted octanol–water partition coefficient (Wildman–Crippen LogP) is 6.37. The Labute approximate surface area is 253 Å². The summed E-state index contributed by atoms with van der Waals surface area (Å²) >= 11 is 0. The summed E-state index contributed by atoms with van der Waals surface area (Å²) in [5.74, 6) is 1.18. The molecule has 0 saturated carbocycles. The van der Waals surface area contributed by atoms with Gasteiger partial charge in [0, 0.05) is 47.3 Å². The van der Waals surface area contributed by atoms with Gasteiger partial charge in [-0.2, -0.15) is 9.97 Å². The van der Waals surface area contributed by atoms with Crippen molar-refractivity contribution in [2.24, 2.45) is 0 Å². The minimum atomic E-state index is -0.896. The number of phenolic OH excluding ortho intramolecular Hbond substituents is 1. The number of fused-ring (bicyclic) bond motifs is 5. The lowest BCUT2D eigenvalue weighted by Crippen LogP contribution is -2.43. The fraction of sp³-hybridized carbons (Fsp3) is 0.429. The zero-order chi connectivity index (χ0) is 30.2. The third-order valence-electron chi connectivity index (χ3n) is 10.4. The first-order valence-corrected chi connectivity index (χ1v) is 15.5. The molecule has 1 aromatic heterocycles. The fourth-order valence-electron chi connectivity index (χ4n) is 8.45. The molecule has 0 amide bonds. The van der Waals surface area contributed by atoms with E-state index in [0.717, 1.165) is 50.8 Å². The van der Waals surface area contributed by atoms with E-state index in [1.807, 2.05) is 6.07 Å². The first-order chi connectivity index (χ1) is 21.3. The minimum Gasteiger partial charge on any atom is -0.508 e. The predicted molar refractivity (Wildman–Crippen MR) is 162 cm³/mol. The van der Waals surface area contributed by atoms with Gasteiger partial charge >= 0.3 is 6.01 Å². The number of ether oxygens (including phenoxy) is 1. The molecular formula is C35H33F3N4O2. The van der Waals surface area contributed by atoms with Gasteiger partial charge in [0.25, 0.3) is 0 Å². The monoisotopic (exact) mass is 598 g/mol. The van der Waals surface area contributed by atoms with Crippen LogP contribution in [0.15, 0.2) is 36.4 Å². The van der Waals surface area contributed by atoms with E-state index < -0.39 is 23.3 Å². The van der Waals surface area contributed by atoms with Crippen molar-refractivity contribution in [1.29, 1.82) is 0 Å². The molecule has 0 spiro atoms. The van der Waals surface area contributed by atoms with Gasteiger partial charge in [-0.1, -0.05) is 24.1 Å². The normalized spacial score (nSPS) is 28.0. The van der Waals surface area contributed by atoms with Crippen LogP contribution in [-0.4, -0.2) is 63.5 Å². The minimum absolute atomic E-state index is 0.00215. The Morgan fingerprint density at radius 3 is 2.70 bits per heavy atom. The Morgan fingerprint density at radius 1 is 1.09 bits per heavy atom. The van der Waals surface area contributed by atoms with Gasteiger partial charge in [0.05, 0.1) is 16.8 Å². The molecule has 44 heavy (non-hydrogen) atoms. The summed E-state index contributed by atoms with van der Waals surface area (Å²) in [6.07, 6.45) is 11.0. The molecule has 2 bridgehead atoms. The molecule has 226 valence electrons. The summed E-state index contributed by atoms with van der Waals surface area (Å²) in [5.41, 5.74) is 0.854. The second-order valence-electron chi connectivity index (χ2n) is 13.0. The lowest BCUT2D eigenvalue weighted by molar-refractivity contribution is 0.107. The number of piperidine rings is 1. The molecule has 0 aliphatic carbocycles. The van der Waals surface area contributed by atoms with Gasteiger partial charge in [0.1, 0.15) is 29.9 Å². The van der Waals surface area contributed by atoms with Gasteiger partial charge in [-0.3, -0.25) is 4.90 Å². The summed E-state index contributed by atoms with van der Waals surface area (Å²) in [5, 5.41) is 15.6. The van der Waals surface area contributed by atoms with Crippen LogP contribution < -0.4 is 10.1 Å². The van der Waals surface area contributed by atoms with E-state index in [-0.39, 0.29) is 46.5 Å². The molecule has 6 nitrogen and oxygen atoms in total. The van der Waals surface area contributed by atoms with E-state index in [1.165, 1.54) is 24.3 Å². The fourth-order valence-corrected chi connectivity index (χ4v) is 8.45. The Kier molecular flexibility index (Phi) is 6.51. The van der Waals surface area contributed by atoms with Crippen molar-refractivity contribution < 1.29 is 23.0 Å². The average Bonchev–Trinajstić information content (AvgIpc) is 3.66. The van der Waals surface area contributed by atoms with Crippen molar-refractivity contribution in [2.75, 3.05) is 19.7 Å². The summed E-state index contributed by atoms with van der Waals surface area (Å²) < 4.78 is 52.3. The van der Waals surface area contributed by atoms with Crippen LogP contribution >= 0.6 is 0 Å². The van der Waals surface area contributed by atoms with Crippen LogP contribution in [0.2, 0.25) is 0 Å². The molecule has 4 saturated heterocycles. The molecule has 9 heteroatoms. The summed E-state index contributed by atoms with van der Waals surface area (Å²) in [6.45, 7) is 1.47. The van der Waals surface area contributed by atoms with Crippen molar-refractivity contribution >= 4 is 21.7 Å². The largest absolute Gasteiger partial charge is 0.508 e. The Hall–Kier alpha value is -3.87. The highest BCUT2D eigenvalue weighted by atomic mass is 19.1. The highest BCUT2D eigenvalue weighted by Gasteiger charge is 2.49. The van der Waals surface area contributed by atoms with E-state index >= 15 is 4.39 Å². The van der Waals surface area contributed by atoms with Gasteiger partial charge in [-0.25, -0.2) is 13.2 Å². The number of halogens is 3. The molecule has 4 fully saturated rings. The first-order valence-electron chi connectivity index (χ1n) is 15.5. The van der Waals surface area contributed by atoms with E-state index in [4.69, 9.17) is 16.1 Å². The zero-order valence-electron chi connectivity index (χ0n) is 24.3. The van der Waals surface area contributed by atoms with Crippen LogP contribution in [0.1, 0.15) is 62.1 Å². The van der Waals surface area contributed by atoms with E-state index in [2.05, 4.69) is 21.1 Å². The first kappa shape index (κ1) is 27.7. The number of aromatic hydroxyl groups is 1. The maximum atomic E-state index is 16.8. The third kappa shape index (κ3) is 4.41. The number of nitrogens with one attached hydrogen (secondary N) is 1. The number of rotatable bonds is 5. The van der Waals surface area contributed by atoms with Crippen LogP contribution in [0.25, 0.3) is 32.8 Å². The molecule has 4 aromatic rings. The van der Waals surface area contributed by atoms with Crippen LogP contribution in [0.3, 0.4) is 0 Å². The van der Waals surface area contributed by atoms with E-state index in [1.54, 1.807) is 6.07 Å². The van der Waals surface area contributed by atoms with Crippen molar-refractivity contribution in [3.63, 3.8) is 0 Å². The number of terminal acetylenes is 1. The number of aromatic nitrogens is 2. The molecule has 4 aliphatic rings. The average molecular weight is 599 g/mol. The molecule has 1 unspecified atom stereocenters. The Morgan fingerprint density at radius 2 is 1.91 bits per heavy atom. The molecule has 0 radical (unpaired) electrons. The van der Waals surface area contributed by atoms with Gasteiger partial charge < -0.3 is 15.2 Å². The van der Waals surface area contributed by atoms with Crippen LogP contribution in [0.5, 0.6) is 11.8 Å². The highest BCUT2D eigenvalue weighted by molar-refractivity contribution is 6.03. The lowest BCUT2D eigenvalue weighted by atomic mass is 9.87. The van der Waals surface area contributed by atoms with E-state index in [0.29, 0.717) is 41.2 Å². The number of alkyl halides is 1. The SMILES string of the molecule is C#Cc1c(F)ccc2cc(O)cc(-c3ccc4c(C5C[C@H]6CC[C@@H](C5)N6)nc(OC[C@@]56CCCN5C[C@H](F)C6)nc4c3F)c12. The maximum Gasteiger partial charge on any atom is 0.317 e. The number of benzene rings is 3. The second kappa shape index (κ2) is 10.4. The summed E-state index contributed by atoms with van der Waals surface area (Å²) in [7, 11) is 0. The quantitative estimate of drug-likeness (QED) is 0.260. The van der Waals surface area contributed by atoms with Gasteiger partial charge in [0.2, 0.25) is 0 Å². The van der Waals surface area contributed by atoms with Crippen molar-refractivity contribution in [3.05, 3.63) is 59.3 Å². The van der Waals surface area contributed by atoms with Gasteiger partial charge in [0.15, 0.2) is 5.82 Å². The molecular weight excluding hydrogens is 565 g/mol. The molecule has 3 aromatic carbocycles. The Bertz CT molecular complexity index is 1850. The maximum absolute atomic E-state index is 16.8. The topological polar surface area (TPSA) is 70.5 Å². The van der Waals surface area contributed by atoms with Gasteiger partial charge in [-0.15, -0.1) is 6.42 Å². The van der Waals surface area contributed by atoms with E-state index in [9.17, 15) is 13.9 Å². The summed E-state index contributed by atoms with van der Waals surface area (Å²) in [6, 6.07) is 9.94. The molecule has 4 aliphatic heterocycles. The standard InChI is InChI=1S/C35H33F3N4O2/c1-2-25-29(37)9-4-19-14-24(43)15-28(30(19)25)26-7-8-27-32(20-12-22-5-6-23(13-20)39-22)40-34(41-33(27)31(26)38)44-18-35-10-3-11-42(35)17-21(36)16-35/h1,4,7-9,14-15,20-23,39,43H,3,5-6,10-13,16-18H2/t20?,21-,22-,23+,35+/m1/s1.